The fourth-order valence-electron chi connectivity index (χ4n) is 2.86. The summed E-state index contributed by atoms with van der Waals surface area (Å²) in [6, 6.07) is 7.24. The van der Waals surface area contributed by atoms with E-state index in [9.17, 15) is 14.0 Å². The summed E-state index contributed by atoms with van der Waals surface area (Å²) in [7, 11) is 0. The summed E-state index contributed by atoms with van der Waals surface area (Å²) in [6.07, 6.45) is 0. The normalized spacial score (nSPS) is 15.1. The van der Waals surface area contributed by atoms with Crippen molar-refractivity contribution < 1.29 is 18.5 Å². The Bertz CT molecular complexity index is 784. The molecule has 3 rings (SSSR count). The maximum absolute atomic E-state index is 13.1. The minimum Gasteiger partial charge on any atom is -0.361 e. The summed E-state index contributed by atoms with van der Waals surface area (Å²) in [5, 5.41) is 6.55. The lowest BCUT2D eigenvalue weighted by Gasteiger charge is -2.34. The average molecular weight is 360 g/mol. The highest BCUT2D eigenvalue weighted by Crippen LogP contribution is 2.09. The van der Waals surface area contributed by atoms with Crippen molar-refractivity contribution in [3.05, 3.63) is 53.2 Å². The number of carbonyl (C=O) groups is 2. The van der Waals surface area contributed by atoms with E-state index >= 15 is 0 Å². The van der Waals surface area contributed by atoms with Crippen molar-refractivity contribution >= 4 is 11.8 Å². The first-order valence-electron chi connectivity index (χ1n) is 8.51. The number of benzene rings is 1. The molecule has 0 spiro atoms. The number of carbonyl (C=O) groups excluding carboxylic acids is 2. The number of nitrogens with zero attached hydrogens (tertiary/aromatic N) is 3. The number of nitrogens with one attached hydrogen (secondary N) is 1. The van der Waals surface area contributed by atoms with Crippen LogP contribution in [0.4, 0.5) is 4.39 Å². The third kappa shape index (κ3) is 4.45. The van der Waals surface area contributed by atoms with Crippen molar-refractivity contribution in [3.63, 3.8) is 0 Å². The summed E-state index contributed by atoms with van der Waals surface area (Å²) >= 11 is 0. The van der Waals surface area contributed by atoms with Gasteiger partial charge in [-0.2, -0.15) is 0 Å². The van der Waals surface area contributed by atoms with Gasteiger partial charge in [0.15, 0.2) is 5.69 Å². The number of aromatic nitrogens is 1. The van der Waals surface area contributed by atoms with Crippen molar-refractivity contribution in [2.45, 2.75) is 6.92 Å². The fraction of sp³-hybridized carbons (Fsp3) is 0.389. The molecule has 0 aliphatic carbocycles. The molecular weight excluding hydrogens is 339 g/mol. The lowest BCUT2D eigenvalue weighted by atomic mass is 10.2. The van der Waals surface area contributed by atoms with Gasteiger partial charge >= 0.3 is 0 Å². The van der Waals surface area contributed by atoms with E-state index in [0.29, 0.717) is 43.2 Å². The Morgan fingerprint density at radius 3 is 2.65 bits per heavy atom. The van der Waals surface area contributed by atoms with Gasteiger partial charge in [-0.1, -0.05) is 11.2 Å². The predicted octanol–water partition coefficient (Wildman–Crippen LogP) is 1.31. The molecule has 26 heavy (non-hydrogen) atoms. The summed E-state index contributed by atoms with van der Waals surface area (Å²) in [6.45, 7) is 5.53. The molecule has 1 N–H and O–H groups in total. The summed E-state index contributed by atoms with van der Waals surface area (Å²) in [5.74, 6) is -0.234. The number of aryl methyl sites for hydroxylation is 1. The van der Waals surface area contributed by atoms with Gasteiger partial charge in [0.05, 0.1) is 0 Å². The lowest BCUT2D eigenvalue weighted by Crippen LogP contribution is -2.50. The Hall–Kier alpha value is -2.74. The van der Waals surface area contributed by atoms with Crippen molar-refractivity contribution in [2.75, 3.05) is 39.3 Å². The topological polar surface area (TPSA) is 78.7 Å². The van der Waals surface area contributed by atoms with Crippen LogP contribution >= 0.6 is 0 Å². The first kappa shape index (κ1) is 18.1. The average Bonchev–Trinajstić information content (AvgIpc) is 3.08. The van der Waals surface area contributed by atoms with Crippen LogP contribution in [0.1, 0.15) is 26.6 Å². The molecule has 2 heterocycles. The van der Waals surface area contributed by atoms with E-state index in [0.717, 1.165) is 13.1 Å². The Morgan fingerprint density at radius 2 is 2.00 bits per heavy atom. The molecule has 1 aromatic heterocycles. The smallest absolute Gasteiger partial charge is 0.276 e. The van der Waals surface area contributed by atoms with Gasteiger partial charge in [-0.15, -0.1) is 0 Å². The molecule has 8 heteroatoms. The van der Waals surface area contributed by atoms with Gasteiger partial charge in [0, 0.05) is 50.9 Å². The molecule has 0 atom stereocenters. The molecule has 0 unspecified atom stereocenters. The van der Waals surface area contributed by atoms with Crippen LogP contribution in [0.15, 0.2) is 34.9 Å². The van der Waals surface area contributed by atoms with Gasteiger partial charge in [-0.05, 0) is 25.1 Å². The third-order valence-corrected chi connectivity index (χ3v) is 4.31. The molecule has 1 fully saturated rings. The number of halogens is 1. The van der Waals surface area contributed by atoms with Crippen molar-refractivity contribution in [3.8, 4) is 0 Å². The van der Waals surface area contributed by atoms with Crippen LogP contribution in [0.2, 0.25) is 0 Å². The van der Waals surface area contributed by atoms with E-state index in [1.165, 1.54) is 18.2 Å². The quantitative estimate of drug-likeness (QED) is 0.870. The second kappa shape index (κ2) is 8.09. The highest BCUT2D eigenvalue weighted by Gasteiger charge is 2.24. The Morgan fingerprint density at radius 1 is 1.23 bits per heavy atom. The molecule has 0 bridgehead atoms. The maximum atomic E-state index is 13.1. The summed E-state index contributed by atoms with van der Waals surface area (Å²) in [5.41, 5.74) is 0.640. The maximum Gasteiger partial charge on any atom is 0.276 e. The van der Waals surface area contributed by atoms with Crippen LogP contribution in [0, 0.1) is 12.7 Å². The van der Waals surface area contributed by atoms with E-state index in [1.54, 1.807) is 24.0 Å². The van der Waals surface area contributed by atoms with Gasteiger partial charge in [-0.3, -0.25) is 14.5 Å². The van der Waals surface area contributed by atoms with Crippen LogP contribution in [0.3, 0.4) is 0 Å². The van der Waals surface area contributed by atoms with E-state index in [1.807, 2.05) is 0 Å². The second-order valence-corrected chi connectivity index (χ2v) is 6.22. The van der Waals surface area contributed by atoms with Crippen molar-refractivity contribution in [2.24, 2.45) is 0 Å². The zero-order valence-electron chi connectivity index (χ0n) is 14.6. The van der Waals surface area contributed by atoms with Gasteiger partial charge in [0.1, 0.15) is 11.6 Å². The zero-order chi connectivity index (χ0) is 18.5. The van der Waals surface area contributed by atoms with Crippen LogP contribution in [-0.4, -0.2) is 66.0 Å². The molecule has 2 aromatic rings. The van der Waals surface area contributed by atoms with Crippen LogP contribution < -0.4 is 5.32 Å². The Kier molecular flexibility index (Phi) is 5.62. The number of hydrogen-bond donors (Lipinski definition) is 1. The van der Waals surface area contributed by atoms with Gasteiger partial charge in [0.2, 0.25) is 0 Å². The minimum atomic E-state index is -0.430. The molecule has 1 aromatic carbocycles. The van der Waals surface area contributed by atoms with Gasteiger partial charge in [0.25, 0.3) is 11.8 Å². The highest BCUT2D eigenvalue weighted by molar-refractivity contribution is 5.94. The van der Waals surface area contributed by atoms with Crippen LogP contribution in [-0.2, 0) is 0 Å². The molecule has 0 radical (unpaired) electrons. The Balaban J connectivity index is 1.40. The Labute approximate surface area is 150 Å². The standard InChI is InChI=1S/C18H21FN4O3/c1-13-11-16(21-26-13)18(25)23-9-7-22(8-10-23)6-5-20-17(24)14-3-2-4-15(19)12-14/h2-4,11-12H,5-10H2,1H3,(H,20,24). The summed E-state index contributed by atoms with van der Waals surface area (Å²) < 4.78 is 18.1. The monoisotopic (exact) mass is 360 g/mol. The number of hydrogen-bond acceptors (Lipinski definition) is 5. The van der Waals surface area contributed by atoms with E-state index in [4.69, 9.17) is 4.52 Å². The molecule has 1 aliphatic heterocycles. The van der Waals surface area contributed by atoms with Gasteiger partial charge in [-0.25, -0.2) is 4.39 Å². The molecule has 1 aliphatic rings. The number of piperazine rings is 1. The fourth-order valence-corrected chi connectivity index (χ4v) is 2.86. The van der Waals surface area contributed by atoms with Crippen molar-refractivity contribution in [1.29, 1.82) is 0 Å². The number of amides is 2. The molecule has 2 amide bonds. The highest BCUT2D eigenvalue weighted by atomic mass is 19.1. The van der Waals surface area contributed by atoms with Gasteiger partial charge < -0.3 is 14.7 Å². The van der Waals surface area contributed by atoms with E-state index in [2.05, 4.69) is 15.4 Å². The molecule has 138 valence electrons. The third-order valence-electron chi connectivity index (χ3n) is 4.31. The van der Waals surface area contributed by atoms with Crippen LogP contribution in [0.25, 0.3) is 0 Å². The molecular formula is C18H21FN4O3. The van der Waals surface area contributed by atoms with Crippen molar-refractivity contribution in [1.82, 2.24) is 20.3 Å². The lowest BCUT2D eigenvalue weighted by molar-refractivity contribution is 0.0628. The summed E-state index contributed by atoms with van der Waals surface area (Å²) in [4.78, 5) is 28.2. The van der Waals surface area contributed by atoms with Crippen LogP contribution in [0.5, 0.6) is 0 Å². The molecule has 0 saturated carbocycles. The molecule has 1 saturated heterocycles. The SMILES string of the molecule is Cc1cc(C(=O)N2CCN(CCNC(=O)c3cccc(F)c3)CC2)no1. The van der Waals surface area contributed by atoms with E-state index < -0.39 is 5.82 Å². The number of rotatable bonds is 5. The first-order chi connectivity index (χ1) is 12.5. The zero-order valence-corrected chi connectivity index (χ0v) is 14.6. The first-order valence-corrected chi connectivity index (χ1v) is 8.51. The van der Waals surface area contributed by atoms with E-state index in [-0.39, 0.29) is 11.8 Å². The largest absolute Gasteiger partial charge is 0.361 e. The second-order valence-electron chi connectivity index (χ2n) is 6.22. The molecule has 7 nitrogen and oxygen atoms in total. The predicted molar refractivity (Wildman–Crippen MR) is 92.3 cm³/mol. The minimum absolute atomic E-state index is 0.124.